The first kappa shape index (κ1) is 17.7. The highest BCUT2D eigenvalue weighted by Crippen LogP contribution is 2.25. The molecule has 1 aromatic rings. The molecule has 21 heavy (non-hydrogen) atoms. The van der Waals surface area contributed by atoms with Crippen LogP contribution in [0.5, 0.6) is 5.75 Å². The first-order valence-electron chi connectivity index (χ1n) is 6.91. The van der Waals surface area contributed by atoms with Gasteiger partial charge in [-0.2, -0.15) is 0 Å². The highest BCUT2D eigenvalue weighted by molar-refractivity contribution is 7.89. The number of hydrogen-bond donors (Lipinski definition) is 2. The van der Waals surface area contributed by atoms with Gasteiger partial charge in [0, 0.05) is 18.3 Å². The van der Waals surface area contributed by atoms with E-state index in [1.165, 1.54) is 13.2 Å². The molecule has 0 aromatic heterocycles. The van der Waals surface area contributed by atoms with Gasteiger partial charge in [0.25, 0.3) is 0 Å². The number of rotatable bonds is 8. The zero-order valence-corrected chi connectivity index (χ0v) is 13.9. The predicted molar refractivity (Wildman–Crippen MR) is 85.0 cm³/mol. The number of methoxy groups -OCH3 is 1. The Morgan fingerprint density at radius 1 is 1.38 bits per heavy atom. The van der Waals surface area contributed by atoms with Gasteiger partial charge in [-0.1, -0.05) is 0 Å². The third kappa shape index (κ3) is 5.18. The number of nitrogens with one attached hydrogen (secondary N) is 1. The van der Waals surface area contributed by atoms with E-state index in [0.29, 0.717) is 18.3 Å². The smallest absolute Gasteiger partial charge is 0.244 e. The van der Waals surface area contributed by atoms with Crippen LogP contribution in [0.15, 0.2) is 23.1 Å². The second-order valence-electron chi connectivity index (χ2n) is 5.24. The third-order valence-corrected chi connectivity index (χ3v) is 4.82. The average Bonchev–Trinajstić information content (AvgIpc) is 2.43. The Labute approximate surface area is 127 Å². The second-order valence-corrected chi connectivity index (χ2v) is 6.97. The standard InChI is InChI=1S/C14H25N3O3S/c1-11(2)17(3)9-5-8-16-21(18,19)14-10-12(15)6-7-13(14)20-4/h6-7,10-11,16H,5,8-9,15H2,1-4H3. The highest BCUT2D eigenvalue weighted by Gasteiger charge is 2.19. The predicted octanol–water partition coefficient (Wildman–Crippen LogP) is 1.29. The quantitative estimate of drug-likeness (QED) is 0.558. The lowest BCUT2D eigenvalue weighted by molar-refractivity contribution is 0.271. The van der Waals surface area contributed by atoms with Gasteiger partial charge in [0.1, 0.15) is 10.6 Å². The summed E-state index contributed by atoms with van der Waals surface area (Å²) in [6, 6.07) is 5.00. The monoisotopic (exact) mass is 315 g/mol. The number of benzene rings is 1. The minimum Gasteiger partial charge on any atom is -0.495 e. The third-order valence-electron chi connectivity index (χ3n) is 3.34. The van der Waals surface area contributed by atoms with Crippen LogP contribution in [0.1, 0.15) is 20.3 Å². The molecule has 0 aliphatic rings. The largest absolute Gasteiger partial charge is 0.495 e. The van der Waals surface area contributed by atoms with E-state index in [9.17, 15) is 8.42 Å². The van der Waals surface area contributed by atoms with Crippen molar-refractivity contribution in [2.75, 3.05) is 33.0 Å². The van der Waals surface area contributed by atoms with Crippen molar-refractivity contribution in [3.05, 3.63) is 18.2 Å². The molecular formula is C14H25N3O3S. The van der Waals surface area contributed by atoms with Crippen LogP contribution in [0, 0.1) is 0 Å². The first-order chi connectivity index (χ1) is 9.77. The molecule has 0 aliphatic carbocycles. The number of sulfonamides is 1. The minimum atomic E-state index is -3.62. The van der Waals surface area contributed by atoms with E-state index in [2.05, 4.69) is 23.5 Å². The van der Waals surface area contributed by atoms with Crippen molar-refractivity contribution in [1.82, 2.24) is 9.62 Å². The minimum absolute atomic E-state index is 0.0715. The van der Waals surface area contributed by atoms with Crippen molar-refractivity contribution in [2.24, 2.45) is 0 Å². The summed E-state index contributed by atoms with van der Waals surface area (Å²) in [6.45, 7) is 5.40. The molecule has 0 amide bonds. The average molecular weight is 315 g/mol. The van der Waals surface area contributed by atoms with E-state index in [1.54, 1.807) is 12.1 Å². The van der Waals surface area contributed by atoms with Crippen LogP contribution in [0.2, 0.25) is 0 Å². The lowest BCUT2D eigenvalue weighted by Crippen LogP contribution is -2.31. The van der Waals surface area contributed by atoms with Crippen LogP contribution in [-0.2, 0) is 10.0 Å². The molecule has 1 rings (SSSR count). The zero-order valence-electron chi connectivity index (χ0n) is 13.1. The van der Waals surface area contributed by atoms with Crippen LogP contribution < -0.4 is 15.2 Å². The van der Waals surface area contributed by atoms with Crippen molar-refractivity contribution in [1.29, 1.82) is 0 Å². The summed E-state index contributed by atoms with van der Waals surface area (Å²) < 4.78 is 32.2. The fraction of sp³-hybridized carbons (Fsp3) is 0.571. The molecule has 0 fully saturated rings. The summed E-state index contributed by atoms with van der Waals surface area (Å²) in [6.07, 6.45) is 0.735. The van der Waals surface area contributed by atoms with Gasteiger partial charge in [0.2, 0.25) is 10.0 Å². The van der Waals surface area contributed by atoms with Gasteiger partial charge in [0.05, 0.1) is 7.11 Å². The molecule has 0 unspecified atom stereocenters. The Hall–Kier alpha value is -1.31. The van der Waals surface area contributed by atoms with E-state index in [0.717, 1.165) is 13.0 Å². The van der Waals surface area contributed by atoms with E-state index in [1.807, 2.05) is 7.05 Å². The molecule has 0 radical (unpaired) electrons. The van der Waals surface area contributed by atoms with Gasteiger partial charge in [0.15, 0.2) is 0 Å². The molecule has 0 saturated heterocycles. The molecule has 0 aliphatic heterocycles. The SMILES string of the molecule is COc1ccc(N)cc1S(=O)(=O)NCCCN(C)C(C)C. The summed E-state index contributed by atoms with van der Waals surface area (Å²) in [5.41, 5.74) is 6.04. The van der Waals surface area contributed by atoms with Gasteiger partial charge in [-0.15, -0.1) is 0 Å². The van der Waals surface area contributed by atoms with Crippen LogP contribution in [-0.4, -0.2) is 46.6 Å². The number of nitrogens with two attached hydrogens (primary N) is 1. The van der Waals surface area contributed by atoms with Crippen molar-refractivity contribution in [3.8, 4) is 5.75 Å². The lowest BCUT2D eigenvalue weighted by Gasteiger charge is -2.20. The summed E-state index contributed by atoms with van der Waals surface area (Å²) in [4.78, 5) is 2.23. The maximum Gasteiger partial charge on any atom is 0.244 e. The number of nitrogen functional groups attached to an aromatic ring is 1. The van der Waals surface area contributed by atoms with E-state index in [4.69, 9.17) is 10.5 Å². The van der Waals surface area contributed by atoms with E-state index >= 15 is 0 Å². The van der Waals surface area contributed by atoms with Gasteiger partial charge in [-0.25, -0.2) is 13.1 Å². The number of nitrogens with zero attached hydrogens (tertiary/aromatic N) is 1. The van der Waals surface area contributed by atoms with Gasteiger partial charge in [-0.05, 0) is 52.1 Å². The molecule has 0 heterocycles. The second kappa shape index (κ2) is 7.63. The van der Waals surface area contributed by atoms with Gasteiger partial charge in [-0.3, -0.25) is 0 Å². The Balaban J connectivity index is 2.68. The highest BCUT2D eigenvalue weighted by atomic mass is 32.2. The lowest BCUT2D eigenvalue weighted by atomic mass is 10.3. The van der Waals surface area contributed by atoms with Crippen LogP contribution in [0.4, 0.5) is 5.69 Å². The van der Waals surface area contributed by atoms with Crippen LogP contribution in [0.25, 0.3) is 0 Å². The summed E-state index contributed by atoms with van der Waals surface area (Å²) in [5.74, 6) is 0.288. The maximum absolute atomic E-state index is 12.3. The molecule has 6 nitrogen and oxygen atoms in total. The number of ether oxygens (including phenoxy) is 1. The molecule has 7 heteroatoms. The van der Waals surface area contributed by atoms with Crippen molar-refractivity contribution in [2.45, 2.75) is 31.2 Å². The van der Waals surface area contributed by atoms with E-state index in [-0.39, 0.29) is 10.6 Å². The molecule has 0 spiro atoms. The zero-order chi connectivity index (χ0) is 16.0. The van der Waals surface area contributed by atoms with Crippen molar-refractivity contribution < 1.29 is 13.2 Å². The molecule has 0 bridgehead atoms. The molecule has 1 aromatic carbocycles. The molecule has 3 N–H and O–H groups in total. The number of hydrogen-bond acceptors (Lipinski definition) is 5. The topological polar surface area (TPSA) is 84.7 Å². The molecule has 0 atom stereocenters. The van der Waals surface area contributed by atoms with Crippen molar-refractivity contribution in [3.63, 3.8) is 0 Å². The fourth-order valence-electron chi connectivity index (χ4n) is 1.77. The Morgan fingerprint density at radius 3 is 2.62 bits per heavy atom. The van der Waals surface area contributed by atoms with Crippen LogP contribution >= 0.6 is 0 Å². The number of anilines is 1. The van der Waals surface area contributed by atoms with Gasteiger partial charge < -0.3 is 15.4 Å². The van der Waals surface area contributed by atoms with E-state index < -0.39 is 10.0 Å². The first-order valence-corrected chi connectivity index (χ1v) is 8.39. The summed E-state index contributed by atoms with van der Waals surface area (Å²) in [7, 11) is -0.171. The molecule has 120 valence electrons. The summed E-state index contributed by atoms with van der Waals surface area (Å²) in [5, 5.41) is 0. The van der Waals surface area contributed by atoms with Gasteiger partial charge >= 0.3 is 0 Å². The fourth-order valence-corrected chi connectivity index (χ4v) is 3.05. The Morgan fingerprint density at radius 2 is 2.05 bits per heavy atom. The maximum atomic E-state index is 12.3. The normalized spacial score (nSPS) is 12.1. The van der Waals surface area contributed by atoms with Crippen molar-refractivity contribution >= 4 is 15.7 Å². The molecule has 0 saturated carbocycles. The summed E-state index contributed by atoms with van der Waals surface area (Å²) >= 11 is 0. The Bertz CT molecular complexity index is 559. The van der Waals surface area contributed by atoms with Crippen LogP contribution in [0.3, 0.4) is 0 Å². The Kier molecular flexibility index (Phi) is 6.44. The molecular weight excluding hydrogens is 290 g/mol.